The smallest absolute Gasteiger partial charge is 0.141 e. The van der Waals surface area contributed by atoms with Crippen LogP contribution in [0.1, 0.15) is 0 Å². The molecule has 2 heterocycles. The minimum absolute atomic E-state index is 1.24. The first-order valence-electron chi connectivity index (χ1n) is 9.22. The molecule has 0 bridgehead atoms. The lowest BCUT2D eigenvalue weighted by Gasteiger charge is -2.10. The maximum Gasteiger partial charge on any atom is 0.141 e. The molecule has 126 valence electrons. The Morgan fingerprint density at radius 3 is 1.93 bits per heavy atom. The number of nitrogens with zero attached hydrogens (tertiary/aromatic N) is 1. The summed E-state index contributed by atoms with van der Waals surface area (Å²) >= 11 is 1.89. The molecule has 0 radical (unpaired) electrons. The largest absolute Gasteiger partial charge is 0.309 e. The van der Waals surface area contributed by atoms with Gasteiger partial charge in [0.25, 0.3) is 0 Å². The van der Waals surface area contributed by atoms with Crippen molar-refractivity contribution < 1.29 is 0 Å². The predicted octanol–water partition coefficient (Wildman–Crippen LogP) is 5.41. The van der Waals surface area contributed by atoms with Gasteiger partial charge in [-0.15, -0.1) is 11.3 Å². The average Bonchev–Trinajstić information content (AvgIpc) is 3.24. The third kappa shape index (κ3) is 2.06. The number of benzene rings is 4. The maximum atomic E-state index is 2.41. The van der Waals surface area contributed by atoms with Crippen LogP contribution in [0.3, 0.4) is 0 Å². The van der Waals surface area contributed by atoms with Gasteiger partial charge in [-0.3, -0.25) is 0 Å². The second-order valence-corrected chi connectivity index (χ2v) is 8.16. The molecule has 0 atom stereocenters. The zero-order valence-corrected chi connectivity index (χ0v) is 15.8. The molecule has 0 aliphatic rings. The number of hydrogen-bond donors (Lipinski definition) is 0. The molecule has 0 spiro atoms. The normalized spacial score (nSPS) is 11.9. The van der Waals surface area contributed by atoms with E-state index in [4.69, 9.17) is 0 Å². The van der Waals surface area contributed by atoms with Gasteiger partial charge in [-0.2, -0.15) is 0 Å². The van der Waals surface area contributed by atoms with Crippen molar-refractivity contribution in [2.24, 2.45) is 0 Å². The van der Waals surface area contributed by atoms with Gasteiger partial charge >= 0.3 is 0 Å². The molecule has 0 unspecified atom stereocenters. The Kier molecular flexibility index (Phi) is 3.06. The molecule has 2 aromatic heterocycles. The highest BCUT2D eigenvalue weighted by Gasteiger charge is 2.14. The molecule has 0 saturated heterocycles. The minimum atomic E-state index is 1.24. The van der Waals surface area contributed by atoms with Crippen LogP contribution in [0, 0.1) is 0 Å². The number of hydrogen-bond acceptors (Lipinski definition) is 1. The highest BCUT2D eigenvalue weighted by Crippen LogP contribution is 2.36. The van der Waals surface area contributed by atoms with Gasteiger partial charge < -0.3 is 4.57 Å². The number of aromatic nitrogens is 1. The molecule has 6 aromatic rings. The SMILES string of the molecule is Bc1cc(-n2c3ccccc3c3ccccc32)cc2c1sc1ccccc12. The first-order valence-corrected chi connectivity index (χ1v) is 10.0. The van der Waals surface area contributed by atoms with E-state index in [0.717, 1.165) is 0 Å². The number of thiophene rings is 1. The first-order chi connectivity index (χ1) is 13.3. The van der Waals surface area contributed by atoms with Gasteiger partial charge in [0.05, 0.1) is 11.0 Å². The van der Waals surface area contributed by atoms with Gasteiger partial charge in [0.15, 0.2) is 0 Å². The second-order valence-electron chi connectivity index (χ2n) is 7.11. The Bertz CT molecular complexity index is 1440. The predicted molar refractivity (Wildman–Crippen MR) is 122 cm³/mol. The lowest BCUT2D eigenvalue weighted by molar-refractivity contribution is 1.19. The van der Waals surface area contributed by atoms with Crippen molar-refractivity contribution in [3.63, 3.8) is 0 Å². The zero-order chi connectivity index (χ0) is 18.0. The van der Waals surface area contributed by atoms with E-state index >= 15 is 0 Å². The van der Waals surface area contributed by atoms with Crippen LogP contribution in [0.2, 0.25) is 0 Å². The lowest BCUT2D eigenvalue weighted by atomic mass is 9.93. The molecule has 0 amide bonds. The van der Waals surface area contributed by atoms with Gasteiger partial charge in [-0.05, 0) is 30.3 Å². The topological polar surface area (TPSA) is 4.93 Å². The summed E-state index contributed by atoms with van der Waals surface area (Å²) in [5.41, 5.74) is 5.10. The highest BCUT2D eigenvalue weighted by molar-refractivity contribution is 7.26. The van der Waals surface area contributed by atoms with E-state index in [0.29, 0.717) is 0 Å². The molecule has 27 heavy (non-hydrogen) atoms. The molecule has 4 aromatic carbocycles. The third-order valence-corrected chi connectivity index (χ3v) is 6.81. The van der Waals surface area contributed by atoms with Crippen LogP contribution in [-0.4, -0.2) is 12.4 Å². The van der Waals surface area contributed by atoms with Crippen molar-refractivity contribution >= 4 is 66.6 Å². The Labute approximate surface area is 161 Å². The van der Waals surface area contributed by atoms with Crippen LogP contribution < -0.4 is 5.46 Å². The first kappa shape index (κ1) is 15.1. The Hall–Kier alpha value is -3.04. The van der Waals surface area contributed by atoms with E-state index in [1.807, 2.05) is 11.3 Å². The third-order valence-electron chi connectivity index (χ3n) is 5.49. The highest BCUT2D eigenvalue weighted by atomic mass is 32.1. The molecule has 3 heteroatoms. The van der Waals surface area contributed by atoms with Crippen molar-refractivity contribution in [3.05, 3.63) is 84.9 Å². The quantitative estimate of drug-likeness (QED) is 0.345. The molecular weight excluding hydrogens is 345 g/mol. The summed E-state index contributed by atoms with van der Waals surface area (Å²) in [6, 6.07) is 30.8. The molecule has 0 aliphatic carbocycles. The standard InChI is InChI=1S/C24H16BNS/c25-20-14-15(13-19-18-9-3-6-12-23(18)27-24(19)20)26-21-10-4-1-7-16(21)17-8-2-5-11-22(17)26/h1-14H,25H2. The summed E-state index contributed by atoms with van der Waals surface area (Å²) in [7, 11) is 2.23. The summed E-state index contributed by atoms with van der Waals surface area (Å²) in [4.78, 5) is 0. The number of para-hydroxylation sites is 2. The number of fused-ring (bicyclic) bond motifs is 6. The van der Waals surface area contributed by atoms with Crippen LogP contribution in [0.15, 0.2) is 84.9 Å². The van der Waals surface area contributed by atoms with Crippen molar-refractivity contribution in [2.45, 2.75) is 0 Å². The van der Waals surface area contributed by atoms with Gasteiger partial charge in [0.1, 0.15) is 7.85 Å². The van der Waals surface area contributed by atoms with Crippen molar-refractivity contribution in [1.29, 1.82) is 0 Å². The van der Waals surface area contributed by atoms with Crippen molar-refractivity contribution in [3.8, 4) is 5.69 Å². The zero-order valence-electron chi connectivity index (χ0n) is 14.9. The molecular formula is C24H16BNS. The summed E-state index contributed by atoms with van der Waals surface area (Å²) in [5, 5.41) is 5.32. The summed E-state index contributed by atoms with van der Waals surface area (Å²) in [5.74, 6) is 0. The summed E-state index contributed by atoms with van der Waals surface area (Å²) in [6.45, 7) is 0. The average molecular weight is 361 g/mol. The Morgan fingerprint density at radius 1 is 0.630 bits per heavy atom. The van der Waals surface area contributed by atoms with Gasteiger partial charge in [-0.25, -0.2) is 0 Å². The van der Waals surface area contributed by atoms with Crippen LogP contribution in [0.4, 0.5) is 0 Å². The van der Waals surface area contributed by atoms with Crippen LogP contribution in [-0.2, 0) is 0 Å². The molecule has 0 fully saturated rings. The Morgan fingerprint density at radius 2 is 1.22 bits per heavy atom. The van der Waals surface area contributed by atoms with E-state index in [2.05, 4.69) is 97.3 Å². The van der Waals surface area contributed by atoms with E-state index in [-0.39, 0.29) is 0 Å². The van der Waals surface area contributed by atoms with Crippen LogP contribution in [0.25, 0.3) is 47.7 Å². The van der Waals surface area contributed by atoms with Crippen LogP contribution >= 0.6 is 11.3 Å². The molecule has 0 saturated carbocycles. The van der Waals surface area contributed by atoms with Gasteiger partial charge in [-0.1, -0.05) is 60.1 Å². The Balaban J connectivity index is 1.79. The van der Waals surface area contributed by atoms with E-state index in [1.54, 1.807) is 0 Å². The fraction of sp³-hybridized carbons (Fsp3) is 0. The van der Waals surface area contributed by atoms with Crippen molar-refractivity contribution in [2.75, 3.05) is 0 Å². The van der Waals surface area contributed by atoms with Crippen molar-refractivity contribution in [1.82, 2.24) is 4.57 Å². The van der Waals surface area contributed by atoms with Crippen LogP contribution in [0.5, 0.6) is 0 Å². The monoisotopic (exact) mass is 361 g/mol. The van der Waals surface area contributed by atoms with Gasteiger partial charge in [0, 0.05) is 36.6 Å². The van der Waals surface area contributed by atoms with E-state index < -0.39 is 0 Å². The fourth-order valence-corrected chi connectivity index (χ4v) is 5.46. The molecule has 6 rings (SSSR count). The van der Waals surface area contributed by atoms with E-state index in [1.165, 1.54) is 53.1 Å². The summed E-state index contributed by atoms with van der Waals surface area (Å²) in [6.07, 6.45) is 0. The fourth-order valence-electron chi connectivity index (χ4n) is 4.31. The lowest BCUT2D eigenvalue weighted by Crippen LogP contribution is -2.05. The van der Waals surface area contributed by atoms with Gasteiger partial charge in [0.2, 0.25) is 0 Å². The molecule has 0 aliphatic heterocycles. The second kappa shape index (κ2) is 5.48. The van der Waals surface area contributed by atoms with E-state index in [9.17, 15) is 0 Å². The molecule has 1 nitrogen and oxygen atoms in total. The number of rotatable bonds is 1. The maximum absolute atomic E-state index is 2.41. The summed E-state index contributed by atoms with van der Waals surface area (Å²) < 4.78 is 5.15. The molecule has 0 N–H and O–H groups in total. The minimum Gasteiger partial charge on any atom is -0.309 e.